The summed E-state index contributed by atoms with van der Waals surface area (Å²) in [7, 11) is 0. The van der Waals surface area contributed by atoms with E-state index in [0.29, 0.717) is 31.8 Å². The molecule has 6 amide bonds. The molecule has 3 saturated carbocycles. The molecule has 0 aromatic heterocycles. The molecule has 1 saturated heterocycles. The van der Waals surface area contributed by atoms with Crippen molar-refractivity contribution in [2.75, 3.05) is 26.2 Å². The summed E-state index contributed by atoms with van der Waals surface area (Å²) >= 11 is 0. The molecule has 52 heavy (non-hydrogen) atoms. The molecule has 13 heteroatoms. The molecule has 288 valence electrons. The first-order chi connectivity index (χ1) is 24.4. The van der Waals surface area contributed by atoms with E-state index in [9.17, 15) is 28.8 Å². The number of amides is 6. The van der Waals surface area contributed by atoms with E-state index in [-0.39, 0.29) is 49.2 Å². The Morgan fingerprint density at radius 3 is 2.27 bits per heavy atom. The third-order valence-electron chi connectivity index (χ3n) is 11.8. The fourth-order valence-electron chi connectivity index (χ4n) is 7.92. The van der Waals surface area contributed by atoms with Gasteiger partial charge in [-0.15, -0.1) is 18.9 Å². The van der Waals surface area contributed by atoms with Crippen LogP contribution in [-0.4, -0.2) is 90.9 Å². The van der Waals surface area contributed by atoms with Gasteiger partial charge in [0, 0.05) is 26.1 Å². The number of rotatable bonds is 16. The van der Waals surface area contributed by atoms with Crippen LogP contribution in [0.1, 0.15) is 99.3 Å². The predicted octanol–water partition coefficient (Wildman–Crippen LogP) is 3.43. The Labute approximate surface area is 308 Å². The Bertz CT molecular complexity index is 1420. The number of hydrogen-bond donors (Lipinski definition) is 5. The van der Waals surface area contributed by atoms with Crippen LogP contribution >= 0.6 is 0 Å². The Morgan fingerprint density at radius 2 is 1.67 bits per heavy atom. The van der Waals surface area contributed by atoms with E-state index in [1.165, 1.54) is 6.08 Å². The standard InChI is InChI=1S/C39H60N6O7/c1-9-11-15-26(30(46)33(48)40-20-10-2)42-32(47)29-28-25(38(28,6)7)22-45(29)34(49)31(39(8)18-13-12-14-19-39)44-35(50)43-27(37(3,4)5)23-52-36(51)41-21-24-16-17-24/h1,10,24-29,31H,2,11-23H2,3-8H3,(H,40,48)(H,41,51)(H,42,47)(H2,43,44,50)/t25-,26?,27+,28-,29-,31+/m0/s1. The van der Waals surface area contributed by atoms with Gasteiger partial charge in [-0.3, -0.25) is 19.2 Å². The largest absolute Gasteiger partial charge is 0.447 e. The Balaban J connectivity index is 1.54. The van der Waals surface area contributed by atoms with Crippen LogP contribution in [0.3, 0.4) is 0 Å². The maximum atomic E-state index is 14.8. The van der Waals surface area contributed by atoms with E-state index in [0.717, 1.165) is 32.1 Å². The highest BCUT2D eigenvalue weighted by Gasteiger charge is 2.70. The summed E-state index contributed by atoms with van der Waals surface area (Å²) in [6, 6.07) is -4.16. The summed E-state index contributed by atoms with van der Waals surface area (Å²) < 4.78 is 5.49. The Hall–Kier alpha value is -4.08. The lowest BCUT2D eigenvalue weighted by Gasteiger charge is -2.43. The second-order valence-corrected chi connectivity index (χ2v) is 17.2. The molecule has 6 atom stereocenters. The monoisotopic (exact) mass is 724 g/mol. The summed E-state index contributed by atoms with van der Waals surface area (Å²) in [6.07, 6.45) is 13.0. The SMILES string of the molecule is C#CCCC(NC(=O)[C@@H]1[C@@H]2[C@H](CN1C(=O)[C@@H](NC(=O)N[C@H](COC(=O)NCC1CC1)C(C)(C)C)C1(C)CCCCC1)C2(C)C)C(=O)C(=O)NCC=C. The van der Waals surface area contributed by atoms with Crippen LogP contribution in [0, 0.1) is 46.3 Å². The van der Waals surface area contributed by atoms with Crippen molar-refractivity contribution in [2.45, 2.75) is 123 Å². The second-order valence-electron chi connectivity index (χ2n) is 17.2. The van der Waals surface area contributed by atoms with Crippen LogP contribution in [0.2, 0.25) is 0 Å². The number of Topliss-reactive ketones (excluding diaryl/α,β-unsaturated/α-hetero) is 1. The number of urea groups is 1. The molecule has 5 N–H and O–H groups in total. The van der Waals surface area contributed by atoms with Gasteiger partial charge in [-0.25, -0.2) is 9.59 Å². The minimum Gasteiger partial charge on any atom is -0.447 e. The van der Waals surface area contributed by atoms with Crippen LogP contribution in [0.5, 0.6) is 0 Å². The first-order valence-electron chi connectivity index (χ1n) is 18.9. The van der Waals surface area contributed by atoms with Crippen molar-refractivity contribution in [3.63, 3.8) is 0 Å². The van der Waals surface area contributed by atoms with Gasteiger partial charge in [0.05, 0.1) is 12.1 Å². The summed E-state index contributed by atoms with van der Waals surface area (Å²) in [5, 5.41) is 14.0. The number of nitrogens with zero attached hydrogens (tertiary/aromatic N) is 1. The molecule has 0 bridgehead atoms. The molecular weight excluding hydrogens is 664 g/mol. The van der Waals surface area contributed by atoms with Gasteiger partial charge in [0.2, 0.25) is 17.6 Å². The van der Waals surface area contributed by atoms with Gasteiger partial charge >= 0.3 is 12.1 Å². The number of nitrogens with one attached hydrogen (secondary N) is 5. The highest BCUT2D eigenvalue weighted by molar-refractivity contribution is 6.38. The third-order valence-corrected chi connectivity index (χ3v) is 11.8. The Kier molecular flexibility index (Phi) is 13.1. The molecule has 0 aromatic rings. The number of fused-ring (bicyclic) bond motifs is 1. The topological polar surface area (TPSA) is 175 Å². The molecule has 13 nitrogen and oxygen atoms in total. The smallest absolute Gasteiger partial charge is 0.407 e. The minimum atomic E-state index is -1.17. The van der Waals surface area contributed by atoms with Gasteiger partial charge in [0.15, 0.2) is 0 Å². The fraction of sp³-hybridized carbons (Fsp3) is 0.744. The molecule has 0 radical (unpaired) electrons. The zero-order valence-corrected chi connectivity index (χ0v) is 31.9. The average molecular weight is 725 g/mol. The molecule has 4 fully saturated rings. The van der Waals surface area contributed by atoms with E-state index < -0.39 is 64.7 Å². The number of ketones is 1. The van der Waals surface area contributed by atoms with E-state index in [4.69, 9.17) is 11.2 Å². The molecule has 1 heterocycles. The highest BCUT2D eigenvalue weighted by atomic mass is 16.5. The maximum absolute atomic E-state index is 14.8. The lowest BCUT2D eigenvalue weighted by atomic mass is 9.70. The zero-order chi connectivity index (χ0) is 38.4. The number of hydrogen-bond acceptors (Lipinski definition) is 7. The van der Waals surface area contributed by atoms with Gasteiger partial charge in [-0.05, 0) is 66.1 Å². The number of likely N-dealkylation sites (tertiary alicyclic amines) is 1. The van der Waals surface area contributed by atoms with Gasteiger partial charge in [0.1, 0.15) is 18.7 Å². The molecular formula is C39H60N6O7. The molecule has 0 aromatic carbocycles. The van der Waals surface area contributed by atoms with Crippen molar-refractivity contribution in [1.29, 1.82) is 0 Å². The van der Waals surface area contributed by atoms with Gasteiger partial charge in [-0.1, -0.05) is 66.9 Å². The van der Waals surface area contributed by atoms with Crippen molar-refractivity contribution in [2.24, 2.45) is 34.0 Å². The molecule has 1 aliphatic heterocycles. The van der Waals surface area contributed by atoms with Crippen molar-refractivity contribution in [3.05, 3.63) is 12.7 Å². The van der Waals surface area contributed by atoms with Crippen LogP contribution < -0.4 is 26.6 Å². The lowest BCUT2D eigenvalue weighted by molar-refractivity contribution is -0.146. The van der Waals surface area contributed by atoms with E-state index in [1.807, 2.05) is 27.7 Å². The summed E-state index contributed by atoms with van der Waals surface area (Å²) in [6.45, 7) is 16.4. The van der Waals surface area contributed by atoms with Gasteiger partial charge in [0.25, 0.3) is 5.91 Å². The fourth-order valence-corrected chi connectivity index (χ4v) is 7.92. The van der Waals surface area contributed by atoms with E-state index >= 15 is 0 Å². The quantitative estimate of drug-likeness (QED) is 0.0921. The van der Waals surface area contributed by atoms with Crippen molar-refractivity contribution in [3.8, 4) is 12.3 Å². The second kappa shape index (κ2) is 16.7. The average Bonchev–Trinajstić information content (AvgIpc) is 3.96. The van der Waals surface area contributed by atoms with E-state index in [2.05, 4.69) is 52.9 Å². The summed E-state index contributed by atoms with van der Waals surface area (Å²) in [5.41, 5.74) is -1.29. The van der Waals surface area contributed by atoms with Crippen LogP contribution in [0.15, 0.2) is 12.7 Å². The third kappa shape index (κ3) is 9.86. The number of carbonyl (C=O) groups excluding carboxylic acids is 6. The summed E-state index contributed by atoms with van der Waals surface area (Å²) in [5.74, 6) is 0.271. The minimum absolute atomic E-state index is 0.0464. The van der Waals surface area contributed by atoms with Gasteiger partial charge in [-0.2, -0.15) is 0 Å². The number of terminal acetylenes is 1. The highest BCUT2D eigenvalue weighted by Crippen LogP contribution is 2.65. The first-order valence-corrected chi connectivity index (χ1v) is 18.9. The number of alkyl carbamates (subject to hydrolysis) is 1. The van der Waals surface area contributed by atoms with Crippen molar-refractivity contribution < 1.29 is 33.5 Å². The van der Waals surface area contributed by atoms with Crippen molar-refractivity contribution in [1.82, 2.24) is 31.5 Å². The number of piperidine rings is 1. The normalized spacial score (nSPS) is 24.4. The molecule has 4 aliphatic rings. The number of ether oxygens (including phenoxy) is 1. The molecule has 3 aliphatic carbocycles. The van der Waals surface area contributed by atoms with Crippen LogP contribution in [0.25, 0.3) is 0 Å². The van der Waals surface area contributed by atoms with E-state index in [1.54, 1.807) is 4.90 Å². The van der Waals surface area contributed by atoms with Crippen LogP contribution in [-0.2, 0) is 23.9 Å². The molecule has 1 unspecified atom stereocenters. The van der Waals surface area contributed by atoms with Crippen molar-refractivity contribution >= 4 is 35.6 Å². The lowest BCUT2D eigenvalue weighted by Crippen LogP contribution is -2.63. The first kappa shape index (κ1) is 40.7. The molecule has 4 rings (SSSR count). The zero-order valence-electron chi connectivity index (χ0n) is 31.9. The van der Waals surface area contributed by atoms with Crippen LogP contribution in [0.4, 0.5) is 9.59 Å². The Morgan fingerprint density at radius 1 is 1.00 bits per heavy atom. The van der Waals surface area contributed by atoms with Gasteiger partial charge < -0.3 is 36.2 Å². The summed E-state index contributed by atoms with van der Waals surface area (Å²) in [4.78, 5) is 82.4. The predicted molar refractivity (Wildman–Crippen MR) is 196 cm³/mol. The number of carbonyl (C=O) groups is 6. The maximum Gasteiger partial charge on any atom is 0.407 e. The molecule has 0 spiro atoms.